The van der Waals surface area contributed by atoms with Crippen LogP contribution in [-0.4, -0.2) is 9.97 Å². The minimum absolute atomic E-state index is 0.169. The van der Waals surface area contributed by atoms with Crippen LogP contribution in [0.5, 0.6) is 0 Å². The van der Waals surface area contributed by atoms with Crippen molar-refractivity contribution < 1.29 is 0 Å². The van der Waals surface area contributed by atoms with Crippen LogP contribution in [0.3, 0.4) is 0 Å². The van der Waals surface area contributed by atoms with Crippen LogP contribution in [0.15, 0.2) is 30.3 Å². The highest BCUT2D eigenvalue weighted by molar-refractivity contribution is 6.29. The summed E-state index contributed by atoms with van der Waals surface area (Å²) < 4.78 is 0. The third-order valence-electron chi connectivity index (χ3n) is 2.88. The Labute approximate surface area is 129 Å². The number of nitrogens with one attached hydrogen (secondary N) is 1. The maximum atomic E-state index is 8.66. The molecule has 0 unspecified atom stereocenters. The van der Waals surface area contributed by atoms with E-state index in [1.807, 2.05) is 45.0 Å². The molecule has 1 aromatic heterocycles. The summed E-state index contributed by atoms with van der Waals surface area (Å²) in [5.74, 6) is 1.35. The topological polar surface area (TPSA) is 61.6 Å². The highest BCUT2D eigenvalue weighted by atomic mass is 35.5. The highest BCUT2D eigenvalue weighted by Crippen LogP contribution is 2.24. The van der Waals surface area contributed by atoms with Gasteiger partial charge in [0, 0.05) is 17.2 Å². The molecule has 2 rings (SSSR count). The van der Waals surface area contributed by atoms with E-state index in [1.165, 1.54) is 0 Å². The molecule has 1 N–H and O–H groups in total. The fourth-order valence-electron chi connectivity index (χ4n) is 1.76. The van der Waals surface area contributed by atoms with Crippen LogP contribution < -0.4 is 5.32 Å². The van der Waals surface area contributed by atoms with E-state index < -0.39 is 0 Å². The fraction of sp³-hybridized carbons (Fsp3) is 0.312. The first-order chi connectivity index (χ1) is 9.88. The largest absolute Gasteiger partial charge is 0.340 e. The van der Waals surface area contributed by atoms with Gasteiger partial charge in [-0.3, -0.25) is 0 Å². The second-order valence-electron chi connectivity index (χ2n) is 5.81. The Morgan fingerprint density at radius 2 is 1.86 bits per heavy atom. The zero-order chi connectivity index (χ0) is 15.5. The lowest BCUT2D eigenvalue weighted by atomic mass is 9.96. The SMILES string of the molecule is CC(C)(C)c1nc(Cl)cc(Nc2ccc(CC#N)cc2)n1. The molecular formula is C16H17ClN4. The maximum Gasteiger partial charge on any atom is 0.137 e. The molecule has 4 nitrogen and oxygen atoms in total. The summed E-state index contributed by atoms with van der Waals surface area (Å²) >= 11 is 6.06. The van der Waals surface area contributed by atoms with Crippen molar-refractivity contribution in [2.75, 3.05) is 5.32 Å². The standard InChI is InChI=1S/C16H17ClN4/c1-16(2,3)15-20-13(17)10-14(21-15)19-12-6-4-11(5-7-12)8-9-18/h4-7,10H,8H2,1-3H3,(H,19,20,21). The van der Waals surface area contributed by atoms with Gasteiger partial charge in [0.15, 0.2) is 0 Å². The number of benzene rings is 1. The number of aromatic nitrogens is 2. The summed E-state index contributed by atoms with van der Waals surface area (Å²) in [4.78, 5) is 8.76. The predicted octanol–water partition coefficient (Wildman–Crippen LogP) is 4.24. The molecule has 0 aliphatic carbocycles. The Hall–Kier alpha value is -2.12. The molecule has 0 bridgehead atoms. The zero-order valence-electron chi connectivity index (χ0n) is 12.3. The smallest absolute Gasteiger partial charge is 0.137 e. The number of rotatable bonds is 3. The Bertz CT molecular complexity index is 666. The van der Waals surface area contributed by atoms with E-state index in [-0.39, 0.29) is 5.41 Å². The summed E-state index contributed by atoms with van der Waals surface area (Å²) in [6.07, 6.45) is 0.411. The van der Waals surface area contributed by atoms with Gasteiger partial charge in [0.1, 0.15) is 16.8 Å². The molecule has 0 fully saturated rings. The monoisotopic (exact) mass is 300 g/mol. The Kier molecular flexibility index (Phi) is 4.44. The quantitative estimate of drug-likeness (QED) is 0.861. The van der Waals surface area contributed by atoms with Gasteiger partial charge in [0.25, 0.3) is 0 Å². The summed E-state index contributed by atoms with van der Waals surface area (Å²) in [5, 5.41) is 12.3. The van der Waals surface area contributed by atoms with Gasteiger partial charge >= 0.3 is 0 Å². The lowest BCUT2D eigenvalue weighted by Gasteiger charge is -2.17. The summed E-state index contributed by atoms with van der Waals surface area (Å²) in [6.45, 7) is 6.12. The molecule has 0 radical (unpaired) electrons. The second-order valence-corrected chi connectivity index (χ2v) is 6.19. The normalized spacial score (nSPS) is 11.0. The van der Waals surface area contributed by atoms with Crippen LogP contribution in [0.25, 0.3) is 0 Å². The van der Waals surface area contributed by atoms with Crippen LogP contribution in [0, 0.1) is 11.3 Å². The van der Waals surface area contributed by atoms with Crippen LogP contribution in [0.1, 0.15) is 32.2 Å². The molecule has 0 amide bonds. The average molecular weight is 301 g/mol. The van der Waals surface area contributed by atoms with E-state index in [2.05, 4.69) is 21.4 Å². The van der Waals surface area contributed by atoms with E-state index >= 15 is 0 Å². The van der Waals surface area contributed by atoms with Crippen molar-refractivity contribution in [3.63, 3.8) is 0 Å². The van der Waals surface area contributed by atoms with Crippen LogP contribution in [-0.2, 0) is 11.8 Å². The molecular weight excluding hydrogens is 284 g/mol. The molecule has 1 aromatic carbocycles. The van der Waals surface area contributed by atoms with Crippen LogP contribution in [0.4, 0.5) is 11.5 Å². The first kappa shape index (κ1) is 15.3. The first-order valence-corrected chi connectivity index (χ1v) is 7.04. The maximum absolute atomic E-state index is 8.66. The molecule has 1 heterocycles. The Balaban J connectivity index is 2.23. The van der Waals surface area contributed by atoms with Crippen molar-refractivity contribution in [2.45, 2.75) is 32.6 Å². The third kappa shape index (κ3) is 4.17. The fourth-order valence-corrected chi connectivity index (χ4v) is 1.95. The van der Waals surface area contributed by atoms with E-state index in [0.717, 1.165) is 11.3 Å². The van der Waals surface area contributed by atoms with Crippen molar-refractivity contribution in [1.29, 1.82) is 5.26 Å². The number of hydrogen-bond donors (Lipinski definition) is 1. The van der Waals surface area contributed by atoms with Crippen molar-refractivity contribution in [3.8, 4) is 6.07 Å². The lowest BCUT2D eigenvalue weighted by Crippen LogP contribution is -2.16. The molecule has 2 aromatic rings. The first-order valence-electron chi connectivity index (χ1n) is 6.66. The predicted molar refractivity (Wildman–Crippen MR) is 84.8 cm³/mol. The summed E-state index contributed by atoms with van der Waals surface area (Å²) in [6, 6.07) is 11.5. The van der Waals surface area contributed by atoms with Crippen molar-refractivity contribution in [3.05, 3.63) is 46.9 Å². The Morgan fingerprint density at radius 3 is 2.43 bits per heavy atom. The summed E-state index contributed by atoms with van der Waals surface area (Å²) in [7, 11) is 0. The molecule has 0 saturated carbocycles. The highest BCUT2D eigenvalue weighted by Gasteiger charge is 2.18. The number of nitrogens with zero attached hydrogens (tertiary/aromatic N) is 3. The molecule has 0 aliphatic rings. The van der Waals surface area contributed by atoms with Gasteiger partial charge in [-0.05, 0) is 17.7 Å². The van der Waals surface area contributed by atoms with Gasteiger partial charge in [-0.1, -0.05) is 44.5 Å². The molecule has 0 spiro atoms. The molecule has 0 saturated heterocycles. The van der Waals surface area contributed by atoms with Gasteiger partial charge in [0.2, 0.25) is 0 Å². The average Bonchev–Trinajstić information content (AvgIpc) is 2.40. The van der Waals surface area contributed by atoms with E-state index in [1.54, 1.807) is 6.07 Å². The molecule has 108 valence electrons. The minimum atomic E-state index is -0.169. The zero-order valence-corrected chi connectivity index (χ0v) is 13.1. The number of halogens is 1. The number of anilines is 2. The van der Waals surface area contributed by atoms with Gasteiger partial charge in [0.05, 0.1) is 12.5 Å². The van der Waals surface area contributed by atoms with E-state index in [4.69, 9.17) is 16.9 Å². The third-order valence-corrected chi connectivity index (χ3v) is 3.07. The Morgan fingerprint density at radius 1 is 1.19 bits per heavy atom. The van der Waals surface area contributed by atoms with Gasteiger partial charge in [-0.2, -0.15) is 5.26 Å². The van der Waals surface area contributed by atoms with Crippen LogP contribution in [0.2, 0.25) is 5.15 Å². The second kappa shape index (κ2) is 6.11. The molecule has 21 heavy (non-hydrogen) atoms. The van der Waals surface area contributed by atoms with Crippen LogP contribution >= 0.6 is 11.6 Å². The minimum Gasteiger partial charge on any atom is -0.340 e. The number of hydrogen-bond acceptors (Lipinski definition) is 4. The van der Waals surface area contributed by atoms with E-state index in [9.17, 15) is 0 Å². The van der Waals surface area contributed by atoms with Gasteiger partial charge in [-0.15, -0.1) is 0 Å². The summed E-state index contributed by atoms with van der Waals surface area (Å²) in [5.41, 5.74) is 1.71. The number of nitriles is 1. The van der Waals surface area contributed by atoms with Gasteiger partial charge < -0.3 is 5.32 Å². The van der Waals surface area contributed by atoms with Crippen molar-refractivity contribution >= 4 is 23.1 Å². The molecule has 5 heteroatoms. The molecule has 0 aliphatic heterocycles. The van der Waals surface area contributed by atoms with Crippen molar-refractivity contribution in [2.24, 2.45) is 0 Å². The van der Waals surface area contributed by atoms with E-state index in [0.29, 0.717) is 23.2 Å². The van der Waals surface area contributed by atoms with Gasteiger partial charge in [-0.25, -0.2) is 9.97 Å². The lowest BCUT2D eigenvalue weighted by molar-refractivity contribution is 0.546. The molecule has 0 atom stereocenters. The van der Waals surface area contributed by atoms with Crippen molar-refractivity contribution in [1.82, 2.24) is 9.97 Å².